The number of ether oxygens (including phenoxy) is 1. The zero-order valence-electron chi connectivity index (χ0n) is 15.1. The van der Waals surface area contributed by atoms with Crippen LogP contribution in [-0.2, 0) is 4.74 Å². The van der Waals surface area contributed by atoms with E-state index in [1.807, 2.05) is 4.90 Å². The molecule has 2 saturated heterocycles. The molecule has 3 aliphatic rings. The van der Waals surface area contributed by atoms with Crippen LogP contribution < -0.4 is 5.32 Å². The van der Waals surface area contributed by atoms with Gasteiger partial charge in [-0.1, -0.05) is 26.0 Å². The van der Waals surface area contributed by atoms with Gasteiger partial charge in [-0.15, -0.1) is 0 Å². The van der Waals surface area contributed by atoms with Gasteiger partial charge in [0.1, 0.15) is 0 Å². The van der Waals surface area contributed by atoms with Crippen LogP contribution in [0.2, 0.25) is 0 Å². The Morgan fingerprint density at radius 1 is 1.25 bits per heavy atom. The van der Waals surface area contributed by atoms with E-state index in [2.05, 4.69) is 41.1 Å². The Morgan fingerprint density at radius 2 is 2.04 bits per heavy atom. The third kappa shape index (κ3) is 4.71. The van der Waals surface area contributed by atoms with Crippen molar-refractivity contribution in [3.05, 3.63) is 12.2 Å². The summed E-state index contributed by atoms with van der Waals surface area (Å²) in [5.74, 6) is 0.667. The number of hydrogen-bond donors (Lipinski definition) is 1. The number of carbonyl (C=O) groups excluding carboxylic acids is 1. The number of rotatable bonds is 5. The first-order valence-electron chi connectivity index (χ1n) is 9.37. The predicted molar refractivity (Wildman–Crippen MR) is 95.1 cm³/mol. The molecule has 2 fully saturated rings. The first-order chi connectivity index (χ1) is 11.6. The third-order valence-electron chi connectivity index (χ3n) is 5.14. The van der Waals surface area contributed by atoms with Crippen LogP contribution in [0.3, 0.4) is 0 Å². The van der Waals surface area contributed by atoms with Crippen LogP contribution in [0.5, 0.6) is 0 Å². The molecule has 24 heavy (non-hydrogen) atoms. The van der Waals surface area contributed by atoms with Gasteiger partial charge in [0.05, 0.1) is 12.7 Å². The van der Waals surface area contributed by atoms with Gasteiger partial charge in [-0.2, -0.15) is 0 Å². The van der Waals surface area contributed by atoms with Crippen molar-refractivity contribution >= 4 is 6.03 Å². The smallest absolute Gasteiger partial charge is 0.317 e. The summed E-state index contributed by atoms with van der Waals surface area (Å²) >= 11 is 0. The highest BCUT2D eigenvalue weighted by molar-refractivity contribution is 5.74. The summed E-state index contributed by atoms with van der Waals surface area (Å²) in [6.07, 6.45) is 5.62. The number of morpholine rings is 1. The molecule has 0 aromatic carbocycles. The van der Waals surface area contributed by atoms with Crippen LogP contribution in [0.15, 0.2) is 12.2 Å². The zero-order valence-corrected chi connectivity index (χ0v) is 15.1. The minimum absolute atomic E-state index is 0.0641. The zero-order chi connectivity index (χ0) is 16.9. The predicted octanol–water partition coefficient (Wildman–Crippen LogP) is 0.999. The molecule has 0 unspecified atom stereocenters. The van der Waals surface area contributed by atoms with Crippen LogP contribution in [0.25, 0.3) is 0 Å². The van der Waals surface area contributed by atoms with E-state index in [1.54, 1.807) is 0 Å². The topological polar surface area (TPSA) is 48.1 Å². The van der Waals surface area contributed by atoms with E-state index in [4.69, 9.17) is 4.74 Å². The van der Waals surface area contributed by atoms with Crippen molar-refractivity contribution in [2.24, 2.45) is 5.92 Å². The highest BCUT2D eigenvalue weighted by Gasteiger charge is 2.31. The van der Waals surface area contributed by atoms with Gasteiger partial charge in [-0.25, -0.2) is 4.79 Å². The second-order valence-electron chi connectivity index (χ2n) is 7.65. The molecule has 3 heterocycles. The monoisotopic (exact) mass is 336 g/mol. The maximum Gasteiger partial charge on any atom is 0.317 e. The Morgan fingerprint density at radius 3 is 2.79 bits per heavy atom. The molecule has 136 valence electrons. The van der Waals surface area contributed by atoms with E-state index in [-0.39, 0.29) is 12.1 Å². The van der Waals surface area contributed by atoms with Crippen molar-refractivity contribution in [1.82, 2.24) is 20.0 Å². The normalized spacial score (nSPS) is 28.9. The van der Waals surface area contributed by atoms with Gasteiger partial charge in [0.15, 0.2) is 0 Å². The summed E-state index contributed by atoms with van der Waals surface area (Å²) in [4.78, 5) is 19.3. The maximum atomic E-state index is 12.4. The molecule has 2 atom stereocenters. The Hall–Kier alpha value is -1.11. The molecule has 6 nitrogen and oxygen atoms in total. The highest BCUT2D eigenvalue weighted by atomic mass is 16.5. The Labute approximate surface area is 145 Å². The molecule has 1 N–H and O–H groups in total. The summed E-state index contributed by atoms with van der Waals surface area (Å²) in [5.41, 5.74) is 0. The Balaban J connectivity index is 1.38. The molecular weight excluding hydrogens is 304 g/mol. The second-order valence-corrected chi connectivity index (χ2v) is 7.65. The number of hydrogen-bond acceptors (Lipinski definition) is 4. The number of urea groups is 1. The molecule has 2 amide bonds. The Bertz CT molecular complexity index is 446. The molecule has 0 bridgehead atoms. The van der Waals surface area contributed by atoms with E-state index in [0.717, 1.165) is 58.8 Å². The molecule has 0 aromatic rings. The summed E-state index contributed by atoms with van der Waals surface area (Å²) in [5, 5.41) is 3.08. The molecule has 6 heteroatoms. The van der Waals surface area contributed by atoms with Crippen LogP contribution in [0.4, 0.5) is 4.79 Å². The highest BCUT2D eigenvalue weighted by Crippen LogP contribution is 2.17. The van der Waals surface area contributed by atoms with Gasteiger partial charge in [0.25, 0.3) is 0 Å². The Kier molecular flexibility index (Phi) is 6.14. The molecule has 3 rings (SSSR count). The van der Waals surface area contributed by atoms with E-state index >= 15 is 0 Å². The standard InChI is InChI=1S/C18H32N4O2/c1-15(2)12-20-9-10-24-17(14-20)11-19-18(23)22-8-5-16(13-22)21-6-3-4-7-21/h3-4,15-17H,5-14H2,1-2H3,(H,19,23)/t16-,17-/m0/s1. The summed E-state index contributed by atoms with van der Waals surface area (Å²) in [7, 11) is 0. The van der Waals surface area contributed by atoms with Crippen molar-refractivity contribution < 1.29 is 9.53 Å². The van der Waals surface area contributed by atoms with Crippen LogP contribution in [-0.4, -0.2) is 91.8 Å². The van der Waals surface area contributed by atoms with Gasteiger partial charge in [-0.3, -0.25) is 9.80 Å². The number of amides is 2. The minimum atomic E-state index is 0.0641. The number of likely N-dealkylation sites (tertiary alicyclic amines) is 1. The van der Waals surface area contributed by atoms with E-state index < -0.39 is 0 Å². The van der Waals surface area contributed by atoms with Gasteiger partial charge < -0.3 is 15.0 Å². The summed E-state index contributed by atoms with van der Waals surface area (Å²) in [6.45, 7) is 12.6. The molecule has 0 radical (unpaired) electrons. The third-order valence-corrected chi connectivity index (χ3v) is 5.14. The van der Waals surface area contributed by atoms with Crippen molar-refractivity contribution in [3.8, 4) is 0 Å². The summed E-state index contributed by atoms with van der Waals surface area (Å²) < 4.78 is 5.81. The fourth-order valence-electron chi connectivity index (χ4n) is 3.92. The van der Waals surface area contributed by atoms with Crippen LogP contribution in [0, 0.1) is 5.92 Å². The van der Waals surface area contributed by atoms with Crippen molar-refractivity contribution in [3.63, 3.8) is 0 Å². The van der Waals surface area contributed by atoms with E-state index in [9.17, 15) is 4.79 Å². The van der Waals surface area contributed by atoms with Gasteiger partial charge in [0, 0.05) is 58.4 Å². The molecule has 0 aliphatic carbocycles. The largest absolute Gasteiger partial charge is 0.374 e. The van der Waals surface area contributed by atoms with Crippen LogP contribution in [0.1, 0.15) is 20.3 Å². The van der Waals surface area contributed by atoms with Crippen LogP contribution >= 0.6 is 0 Å². The molecule has 0 aromatic heterocycles. The molecular formula is C18H32N4O2. The number of nitrogens with zero attached hydrogens (tertiary/aromatic N) is 3. The van der Waals surface area contributed by atoms with Crippen molar-refractivity contribution in [2.75, 3.05) is 59.0 Å². The van der Waals surface area contributed by atoms with E-state index in [1.165, 1.54) is 0 Å². The fourth-order valence-corrected chi connectivity index (χ4v) is 3.92. The molecule has 3 aliphatic heterocycles. The van der Waals surface area contributed by atoms with E-state index in [0.29, 0.717) is 18.5 Å². The molecule has 0 spiro atoms. The lowest BCUT2D eigenvalue weighted by Gasteiger charge is -2.34. The lowest BCUT2D eigenvalue weighted by atomic mass is 10.2. The van der Waals surface area contributed by atoms with Crippen molar-refractivity contribution in [2.45, 2.75) is 32.4 Å². The lowest BCUT2D eigenvalue weighted by molar-refractivity contribution is -0.0293. The fraction of sp³-hybridized carbons (Fsp3) is 0.833. The van der Waals surface area contributed by atoms with Gasteiger partial charge in [0.2, 0.25) is 0 Å². The number of nitrogens with one attached hydrogen (secondary N) is 1. The van der Waals surface area contributed by atoms with Gasteiger partial charge in [-0.05, 0) is 12.3 Å². The first-order valence-corrected chi connectivity index (χ1v) is 9.37. The summed E-state index contributed by atoms with van der Waals surface area (Å²) in [6, 6.07) is 0.576. The minimum Gasteiger partial charge on any atom is -0.374 e. The number of carbonyl (C=O) groups is 1. The van der Waals surface area contributed by atoms with Crippen molar-refractivity contribution in [1.29, 1.82) is 0 Å². The quantitative estimate of drug-likeness (QED) is 0.761. The maximum absolute atomic E-state index is 12.4. The average molecular weight is 336 g/mol. The average Bonchev–Trinajstić information content (AvgIpc) is 3.23. The second kappa shape index (κ2) is 8.32. The molecule has 0 saturated carbocycles. The van der Waals surface area contributed by atoms with Gasteiger partial charge >= 0.3 is 6.03 Å². The lowest BCUT2D eigenvalue weighted by Crippen LogP contribution is -2.50. The SMILES string of the molecule is CC(C)CN1CCO[C@@H](CNC(=O)N2CC[C@H](N3CC=CC3)C2)C1. The first kappa shape index (κ1) is 17.7.